The van der Waals surface area contributed by atoms with E-state index in [9.17, 15) is 19.3 Å². The fraction of sp³-hybridized carbons (Fsp3) is 0.278. The second-order valence-electron chi connectivity index (χ2n) is 5.92. The van der Waals surface area contributed by atoms with Crippen LogP contribution in [0.3, 0.4) is 0 Å². The predicted octanol–water partition coefficient (Wildman–Crippen LogP) is 3.26. The lowest BCUT2D eigenvalue weighted by atomic mass is 10.0. The number of ether oxygens (including phenoxy) is 1. The minimum Gasteiger partial charge on any atom is -0.370 e. The third-order valence-corrected chi connectivity index (χ3v) is 4.24. The highest BCUT2D eigenvalue weighted by Gasteiger charge is 2.28. The Kier molecular flexibility index (Phi) is 4.76. The van der Waals surface area contributed by atoms with Crippen LogP contribution in [0.5, 0.6) is 0 Å². The largest absolute Gasteiger partial charge is 0.370 e. The second kappa shape index (κ2) is 6.98. The first-order valence-electron chi connectivity index (χ1n) is 7.87. The van der Waals surface area contributed by atoms with Crippen molar-refractivity contribution in [3.63, 3.8) is 0 Å². The lowest BCUT2D eigenvalue weighted by Crippen LogP contribution is -2.42. The summed E-state index contributed by atoms with van der Waals surface area (Å²) in [6, 6.07) is 10.3. The van der Waals surface area contributed by atoms with Crippen molar-refractivity contribution in [3.05, 3.63) is 75.1 Å². The Morgan fingerprint density at radius 2 is 2.12 bits per heavy atom. The molecule has 1 heterocycles. The number of nitrogens with zero attached hydrogens (tertiary/aromatic N) is 2. The van der Waals surface area contributed by atoms with Crippen molar-refractivity contribution in [2.45, 2.75) is 13.0 Å². The monoisotopic (exact) mass is 344 g/mol. The van der Waals surface area contributed by atoms with E-state index >= 15 is 0 Å². The third-order valence-electron chi connectivity index (χ3n) is 4.24. The standard InChI is InChI=1S/C18H17FN2O4/c1-12-5-6-15(21(23)24)10-16(12)18(22)20-7-8-25-17(11-20)13-3-2-4-14(19)9-13/h2-6,9-10,17H,7-8,11H2,1H3/t17-/m1/s1. The van der Waals surface area contributed by atoms with Crippen LogP contribution in [0.4, 0.5) is 10.1 Å². The summed E-state index contributed by atoms with van der Waals surface area (Å²) >= 11 is 0. The molecule has 0 spiro atoms. The number of morpholine rings is 1. The number of nitro groups is 1. The number of nitro benzene ring substituents is 1. The van der Waals surface area contributed by atoms with E-state index in [1.165, 1.54) is 24.3 Å². The number of rotatable bonds is 3. The molecule has 2 aromatic rings. The van der Waals surface area contributed by atoms with Crippen LogP contribution < -0.4 is 0 Å². The lowest BCUT2D eigenvalue weighted by Gasteiger charge is -2.33. The van der Waals surface area contributed by atoms with E-state index in [4.69, 9.17) is 4.74 Å². The molecule has 130 valence electrons. The highest BCUT2D eigenvalue weighted by atomic mass is 19.1. The van der Waals surface area contributed by atoms with Gasteiger partial charge in [-0.3, -0.25) is 14.9 Å². The molecule has 1 fully saturated rings. The molecule has 0 radical (unpaired) electrons. The van der Waals surface area contributed by atoms with Gasteiger partial charge in [-0.1, -0.05) is 18.2 Å². The number of carbonyl (C=O) groups excluding carboxylic acids is 1. The Labute approximate surface area is 144 Å². The highest BCUT2D eigenvalue weighted by Crippen LogP contribution is 2.25. The predicted molar refractivity (Wildman–Crippen MR) is 88.8 cm³/mol. The van der Waals surface area contributed by atoms with Gasteiger partial charge >= 0.3 is 0 Å². The van der Waals surface area contributed by atoms with Crippen molar-refractivity contribution in [2.24, 2.45) is 0 Å². The Morgan fingerprint density at radius 1 is 1.32 bits per heavy atom. The second-order valence-corrected chi connectivity index (χ2v) is 5.92. The molecule has 25 heavy (non-hydrogen) atoms. The van der Waals surface area contributed by atoms with Gasteiger partial charge in [-0.15, -0.1) is 0 Å². The molecule has 0 N–H and O–H groups in total. The number of halogens is 1. The van der Waals surface area contributed by atoms with Gasteiger partial charge in [-0.2, -0.15) is 0 Å². The SMILES string of the molecule is Cc1ccc([N+](=O)[O-])cc1C(=O)N1CCO[C@@H](c2cccc(F)c2)C1. The van der Waals surface area contributed by atoms with Crippen molar-refractivity contribution in [2.75, 3.05) is 19.7 Å². The van der Waals surface area contributed by atoms with Crippen molar-refractivity contribution in [3.8, 4) is 0 Å². The number of benzene rings is 2. The molecule has 7 heteroatoms. The summed E-state index contributed by atoms with van der Waals surface area (Å²) in [5.41, 5.74) is 1.51. The van der Waals surface area contributed by atoms with E-state index in [0.29, 0.717) is 29.8 Å². The van der Waals surface area contributed by atoms with Gasteiger partial charge in [0.25, 0.3) is 11.6 Å². The Bertz CT molecular complexity index is 824. The first kappa shape index (κ1) is 17.0. The number of aryl methyl sites for hydroxylation is 1. The van der Waals surface area contributed by atoms with Crippen LogP contribution >= 0.6 is 0 Å². The number of hydrogen-bond donors (Lipinski definition) is 0. The van der Waals surface area contributed by atoms with Gasteiger partial charge in [-0.05, 0) is 30.2 Å². The molecule has 1 amide bonds. The first-order valence-corrected chi connectivity index (χ1v) is 7.87. The molecule has 0 aliphatic carbocycles. The average molecular weight is 344 g/mol. The van der Waals surface area contributed by atoms with Crippen LogP contribution in [0.2, 0.25) is 0 Å². The number of amides is 1. The molecule has 1 aliphatic heterocycles. The van der Waals surface area contributed by atoms with Crippen LogP contribution in [0.25, 0.3) is 0 Å². The molecular weight excluding hydrogens is 327 g/mol. The highest BCUT2D eigenvalue weighted by molar-refractivity contribution is 5.96. The molecule has 1 saturated heterocycles. The normalized spacial score (nSPS) is 17.4. The van der Waals surface area contributed by atoms with Gasteiger partial charge in [0.15, 0.2) is 0 Å². The topological polar surface area (TPSA) is 72.7 Å². The van der Waals surface area contributed by atoms with Gasteiger partial charge in [0.2, 0.25) is 0 Å². The Morgan fingerprint density at radius 3 is 2.84 bits per heavy atom. The summed E-state index contributed by atoms with van der Waals surface area (Å²) < 4.78 is 19.1. The Balaban J connectivity index is 1.83. The molecule has 6 nitrogen and oxygen atoms in total. The smallest absolute Gasteiger partial charge is 0.270 e. The van der Waals surface area contributed by atoms with Crippen molar-refractivity contribution >= 4 is 11.6 Å². The first-order chi connectivity index (χ1) is 12.0. The van der Waals surface area contributed by atoms with Gasteiger partial charge in [0, 0.05) is 24.2 Å². The summed E-state index contributed by atoms with van der Waals surface area (Å²) in [6.45, 7) is 2.71. The molecule has 0 unspecified atom stereocenters. The zero-order valence-corrected chi connectivity index (χ0v) is 13.6. The number of non-ortho nitro benzene ring substituents is 1. The van der Waals surface area contributed by atoms with Gasteiger partial charge < -0.3 is 9.64 Å². The van der Waals surface area contributed by atoms with Crippen LogP contribution in [0.1, 0.15) is 27.6 Å². The van der Waals surface area contributed by atoms with Gasteiger partial charge in [0.1, 0.15) is 11.9 Å². The molecule has 0 aromatic heterocycles. The summed E-state index contributed by atoms with van der Waals surface area (Å²) in [5, 5.41) is 11.0. The van der Waals surface area contributed by atoms with E-state index in [1.54, 1.807) is 30.0 Å². The maximum Gasteiger partial charge on any atom is 0.270 e. The van der Waals surface area contributed by atoms with Crippen molar-refractivity contribution < 1.29 is 18.8 Å². The number of carbonyl (C=O) groups is 1. The molecule has 3 rings (SSSR count). The van der Waals surface area contributed by atoms with Crippen LogP contribution in [-0.4, -0.2) is 35.4 Å². The molecule has 1 atom stereocenters. The van der Waals surface area contributed by atoms with E-state index in [0.717, 1.165) is 0 Å². The van der Waals surface area contributed by atoms with E-state index in [-0.39, 0.29) is 24.0 Å². The zero-order valence-electron chi connectivity index (χ0n) is 13.6. The van der Waals surface area contributed by atoms with Gasteiger partial charge in [0.05, 0.1) is 18.1 Å². The van der Waals surface area contributed by atoms with Crippen molar-refractivity contribution in [1.29, 1.82) is 0 Å². The van der Waals surface area contributed by atoms with E-state index < -0.39 is 11.0 Å². The summed E-state index contributed by atoms with van der Waals surface area (Å²) in [7, 11) is 0. The Hall–Kier alpha value is -2.80. The average Bonchev–Trinajstić information content (AvgIpc) is 2.61. The van der Waals surface area contributed by atoms with Crippen LogP contribution in [0, 0.1) is 22.9 Å². The summed E-state index contributed by atoms with van der Waals surface area (Å²) in [6.07, 6.45) is -0.424. The molecule has 2 aromatic carbocycles. The summed E-state index contributed by atoms with van der Waals surface area (Å²) in [4.78, 5) is 24.8. The van der Waals surface area contributed by atoms with E-state index in [1.807, 2.05) is 0 Å². The maximum absolute atomic E-state index is 13.4. The molecule has 0 saturated carbocycles. The lowest BCUT2D eigenvalue weighted by molar-refractivity contribution is -0.384. The minimum absolute atomic E-state index is 0.121. The van der Waals surface area contributed by atoms with Gasteiger partial charge in [-0.25, -0.2) is 4.39 Å². The maximum atomic E-state index is 13.4. The minimum atomic E-state index is -0.523. The van der Waals surface area contributed by atoms with Crippen LogP contribution in [-0.2, 0) is 4.74 Å². The van der Waals surface area contributed by atoms with Crippen molar-refractivity contribution in [1.82, 2.24) is 4.90 Å². The fourth-order valence-corrected chi connectivity index (χ4v) is 2.87. The molecule has 0 bridgehead atoms. The van der Waals surface area contributed by atoms with Crippen LogP contribution in [0.15, 0.2) is 42.5 Å². The third kappa shape index (κ3) is 3.66. The number of hydrogen-bond acceptors (Lipinski definition) is 4. The molecular formula is C18H17FN2O4. The van der Waals surface area contributed by atoms with E-state index in [2.05, 4.69) is 0 Å². The zero-order chi connectivity index (χ0) is 18.0. The molecule has 1 aliphatic rings. The summed E-state index contributed by atoms with van der Waals surface area (Å²) in [5.74, 6) is -0.648. The quantitative estimate of drug-likeness (QED) is 0.633. The fourth-order valence-electron chi connectivity index (χ4n) is 2.87.